The van der Waals surface area contributed by atoms with Gasteiger partial charge in [0.2, 0.25) is 11.0 Å². The molecule has 2 heterocycles. The first kappa shape index (κ1) is 20.0. The Labute approximate surface area is 174 Å². The Balaban J connectivity index is 1.51. The molecular formula is C15H10BrN5O5S2. The first-order valence-corrected chi connectivity index (χ1v) is 10.1. The molecule has 0 bridgehead atoms. The Morgan fingerprint density at radius 2 is 2.07 bits per heavy atom. The van der Waals surface area contributed by atoms with E-state index in [2.05, 4.69) is 36.8 Å². The highest BCUT2D eigenvalue weighted by atomic mass is 79.9. The van der Waals surface area contributed by atoms with E-state index in [1.54, 1.807) is 12.1 Å². The molecule has 0 unspecified atom stereocenters. The normalized spacial score (nSPS) is 10.5. The van der Waals surface area contributed by atoms with Gasteiger partial charge in [-0.3, -0.25) is 25.0 Å². The number of nitrogens with zero attached hydrogens (tertiary/aromatic N) is 3. The fourth-order valence-electron chi connectivity index (χ4n) is 1.94. The summed E-state index contributed by atoms with van der Waals surface area (Å²) >= 11 is 5.34. The van der Waals surface area contributed by atoms with Gasteiger partial charge in [0.25, 0.3) is 11.6 Å². The number of nitro benzene ring substituents is 1. The minimum Gasteiger partial charge on any atom is -0.444 e. The van der Waals surface area contributed by atoms with Crippen molar-refractivity contribution in [1.29, 1.82) is 0 Å². The number of hydrogen-bond acceptors (Lipinski definition) is 9. The van der Waals surface area contributed by atoms with Crippen LogP contribution >= 0.6 is 39.0 Å². The number of halogens is 1. The average molecular weight is 484 g/mol. The molecule has 2 N–H and O–H groups in total. The van der Waals surface area contributed by atoms with Gasteiger partial charge in [-0.25, -0.2) is 0 Å². The van der Waals surface area contributed by atoms with Gasteiger partial charge in [0.1, 0.15) is 0 Å². The predicted molar refractivity (Wildman–Crippen MR) is 107 cm³/mol. The monoisotopic (exact) mass is 483 g/mol. The maximum absolute atomic E-state index is 12.0. The summed E-state index contributed by atoms with van der Waals surface area (Å²) in [5, 5.41) is 23.9. The molecule has 13 heteroatoms. The number of hydrogen-bond donors (Lipinski definition) is 2. The van der Waals surface area contributed by atoms with E-state index in [4.69, 9.17) is 4.42 Å². The summed E-state index contributed by atoms with van der Waals surface area (Å²) in [6.45, 7) is 0. The molecule has 1 aromatic carbocycles. The molecule has 28 heavy (non-hydrogen) atoms. The van der Waals surface area contributed by atoms with Crippen molar-refractivity contribution in [3.05, 3.63) is 56.9 Å². The van der Waals surface area contributed by atoms with E-state index in [1.807, 2.05) is 0 Å². The number of amides is 2. The fourth-order valence-corrected chi connectivity index (χ4v) is 3.79. The quantitative estimate of drug-likeness (QED) is 0.223. The molecule has 2 amide bonds. The maximum Gasteiger partial charge on any atom is 0.293 e. The van der Waals surface area contributed by atoms with E-state index in [-0.39, 0.29) is 28.2 Å². The minimum absolute atomic E-state index is 0.0242. The highest BCUT2D eigenvalue weighted by Crippen LogP contribution is 2.26. The molecule has 0 fully saturated rings. The van der Waals surface area contributed by atoms with Gasteiger partial charge in [-0.15, -0.1) is 10.2 Å². The molecule has 0 aliphatic rings. The van der Waals surface area contributed by atoms with E-state index in [0.29, 0.717) is 14.7 Å². The van der Waals surface area contributed by atoms with Crippen molar-refractivity contribution in [3.8, 4) is 0 Å². The third-order valence-electron chi connectivity index (χ3n) is 3.09. The standard InChI is InChI=1S/C15H10BrN5O5S2/c16-11-5-4-10(26-11)13(23)18-14-19-20-15(28-14)27-7-12(22)17-8-2-1-3-9(6-8)21(24)25/h1-6H,7H2,(H,17,22)(H,18,19,23). The van der Waals surface area contributed by atoms with Crippen LogP contribution in [0.25, 0.3) is 0 Å². The van der Waals surface area contributed by atoms with Crippen molar-refractivity contribution < 1.29 is 18.9 Å². The molecule has 3 aromatic rings. The largest absolute Gasteiger partial charge is 0.444 e. The second-order valence-corrected chi connectivity index (χ2v) is 8.06. The summed E-state index contributed by atoms with van der Waals surface area (Å²) in [4.78, 5) is 34.2. The van der Waals surface area contributed by atoms with Crippen LogP contribution in [-0.4, -0.2) is 32.7 Å². The van der Waals surface area contributed by atoms with Crippen LogP contribution in [-0.2, 0) is 4.79 Å². The summed E-state index contributed by atoms with van der Waals surface area (Å²) in [7, 11) is 0. The third-order valence-corrected chi connectivity index (χ3v) is 5.49. The second-order valence-electron chi connectivity index (χ2n) is 5.08. The van der Waals surface area contributed by atoms with Crippen LogP contribution in [0.5, 0.6) is 0 Å². The average Bonchev–Trinajstić information content (AvgIpc) is 3.29. The summed E-state index contributed by atoms with van der Waals surface area (Å²) in [6.07, 6.45) is 0. The zero-order valence-electron chi connectivity index (χ0n) is 13.7. The highest BCUT2D eigenvalue weighted by molar-refractivity contribution is 9.10. The molecule has 10 nitrogen and oxygen atoms in total. The first-order valence-electron chi connectivity index (χ1n) is 7.48. The van der Waals surface area contributed by atoms with Crippen LogP contribution in [0.4, 0.5) is 16.5 Å². The lowest BCUT2D eigenvalue weighted by atomic mass is 10.3. The Hall–Kier alpha value is -2.77. The molecule has 0 saturated heterocycles. The Bertz CT molecular complexity index is 1040. The number of aromatic nitrogens is 2. The molecule has 0 aliphatic carbocycles. The molecule has 0 radical (unpaired) electrons. The van der Waals surface area contributed by atoms with E-state index >= 15 is 0 Å². The number of nitro groups is 1. The maximum atomic E-state index is 12.0. The number of thioether (sulfide) groups is 1. The first-order chi connectivity index (χ1) is 13.4. The molecule has 0 atom stereocenters. The van der Waals surface area contributed by atoms with E-state index in [0.717, 1.165) is 23.1 Å². The van der Waals surface area contributed by atoms with Gasteiger partial charge in [-0.1, -0.05) is 29.2 Å². The van der Waals surface area contributed by atoms with Gasteiger partial charge >= 0.3 is 0 Å². The van der Waals surface area contributed by atoms with Crippen molar-refractivity contribution >= 4 is 67.3 Å². The molecule has 0 spiro atoms. The number of anilines is 2. The predicted octanol–water partition coefficient (Wildman–Crippen LogP) is 3.78. The summed E-state index contributed by atoms with van der Waals surface area (Å²) in [5.41, 5.74) is 0.216. The van der Waals surface area contributed by atoms with Crippen LogP contribution < -0.4 is 10.6 Å². The number of non-ortho nitro benzene ring substituents is 1. The summed E-state index contributed by atoms with van der Waals surface area (Å²) in [5.74, 6) is -0.683. The van der Waals surface area contributed by atoms with Gasteiger partial charge in [-0.05, 0) is 34.1 Å². The molecule has 2 aromatic heterocycles. The van der Waals surface area contributed by atoms with Gasteiger partial charge in [0.15, 0.2) is 14.8 Å². The summed E-state index contributed by atoms with van der Waals surface area (Å²) < 4.78 is 6.05. The molecule has 3 rings (SSSR count). The molecule has 144 valence electrons. The van der Waals surface area contributed by atoms with E-state index in [1.165, 1.54) is 24.3 Å². The van der Waals surface area contributed by atoms with Gasteiger partial charge in [0.05, 0.1) is 10.7 Å². The van der Waals surface area contributed by atoms with Crippen molar-refractivity contribution in [1.82, 2.24) is 10.2 Å². The van der Waals surface area contributed by atoms with Crippen LogP contribution in [0.2, 0.25) is 0 Å². The van der Waals surface area contributed by atoms with Crippen LogP contribution in [0.1, 0.15) is 10.6 Å². The van der Waals surface area contributed by atoms with Crippen molar-refractivity contribution in [2.45, 2.75) is 4.34 Å². The van der Waals surface area contributed by atoms with Gasteiger partial charge in [0, 0.05) is 17.8 Å². The molecule has 0 aliphatic heterocycles. The smallest absolute Gasteiger partial charge is 0.293 e. The SMILES string of the molecule is O=C(CSc1nnc(NC(=O)c2ccc(Br)o2)s1)Nc1cccc([N+](=O)[O-])c1. The van der Waals surface area contributed by atoms with Crippen molar-refractivity contribution in [2.75, 3.05) is 16.4 Å². The number of benzene rings is 1. The Morgan fingerprint density at radius 1 is 1.25 bits per heavy atom. The lowest BCUT2D eigenvalue weighted by Gasteiger charge is -2.03. The van der Waals surface area contributed by atoms with E-state index < -0.39 is 10.8 Å². The molecule has 0 saturated carbocycles. The minimum atomic E-state index is -0.539. The van der Waals surface area contributed by atoms with Crippen LogP contribution in [0, 0.1) is 10.1 Å². The number of rotatable bonds is 7. The van der Waals surface area contributed by atoms with Crippen LogP contribution in [0.3, 0.4) is 0 Å². The number of nitrogens with one attached hydrogen (secondary N) is 2. The van der Waals surface area contributed by atoms with Crippen LogP contribution in [0.15, 0.2) is 49.8 Å². The number of carbonyl (C=O) groups excluding carboxylic acids is 2. The summed E-state index contributed by atoms with van der Waals surface area (Å²) in [6, 6.07) is 8.75. The van der Waals surface area contributed by atoms with Crippen molar-refractivity contribution in [2.24, 2.45) is 0 Å². The van der Waals surface area contributed by atoms with Crippen molar-refractivity contribution in [3.63, 3.8) is 0 Å². The Kier molecular flexibility index (Phi) is 6.38. The topological polar surface area (TPSA) is 140 Å². The zero-order valence-corrected chi connectivity index (χ0v) is 17.0. The second kappa shape index (κ2) is 8.95. The molecular weight excluding hydrogens is 474 g/mol. The number of furan rings is 1. The fraction of sp³-hybridized carbons (Fsp3) is 0.0667. The lowest BCUT2D eigenvalue weighted by molar-refractivity contribution is -0.384. The van der Waals surface area contributed by atoms with Gasteiger partial charge in [-0.2, -0.15) is 0 Å². The third kappa shape index (κ3) is 5.37. The lowest BCUT2D eigenvalue weighted by Crippen LogP contribution is -2.14. The number of carbonyl (C=O) groups is 2. The van der Waals surface area contributed by atoms with Gasteiger partial charge < -0.3 is 9.73 Å². The van der Waals surface area contributed by atoms with E-state index in [9.17, 15) is 19.7 Å². The zero-order chi connectivity index (χ0) is 20.1. The Morgan fingerprint density at radius 3 is 2.79 bits per heavy atom. The highest BCUT2D eigenvalue weighted by Gasteiger charge is 2.15.